The Hall–Kier alpha value is -2.69. The summed E-state index contributed by atoms with van der Waals surface area (Å²) in [7, 11) is 0. The third-order valence-corrected chi connectivity index (χ3v) is 9.44. The fourth-order valence-corrected chi connectivity index (χ4v) is 7.08. The first-order valence-electron chi connectivity index (χ1n) is 13.2. The zero-order valence-electron chi connectivity index (χ0n) is 22.2. The molecule has 0 unspecified atom stereocenters. The van der Waals surface area contributed by atoms with Crippen LogP contribution in [0.25, 0.3) is 11.3 Å². The highest BCUT2D eigenvalue weighted by Gasteiger charge is 2.52. The molecule has 2 aromatic heterocycles. The molecule has 9 nitrogen and oxygen atoms in total. The Morgan fingerprint density at radius 1 is 1.10 bits per heavy atom. The van der Waals surface area contributed by atoms with E-state index in [1.165, 1.54) is 12.4 Å². The van der Waals surface area contributed by atoms with Crippen LogP contribution in [0.3, 0.4) is 0 Å². The fraction of sp³-hybridized carbons (Fsp3) is 0.519. The van der Waals surface area contributed by atoms with E-state index in [0.717, 1.165) is 16.4 Å². The highest BCUT2D eigenvalue weighted by Crippen LogP contribution is 2.52. The number of benzene rings is 1. The summed E-state index contributed by atoms with van der Waals surface area (Å²) in [4.78, 5) is 4.39. The van der Waals surface area contributed by atoms with Crippen molar-refractivity contribution in [2.24, 2.45) is 0 Å². The van der Waals surface area contributed by atoms with Gasteiger partial charge in [-0.3, -0.25) is 4.98 Å². The number of ether oxygens (including phenoxy) is 1. The molecule has 3 aromatic rings. The number of aryl methyl sites for hydroxylation is 1. The van der Waals surface area contributed by atoms with Crippen LogP contribution in [-0.4, -0.2) is 82.3 Å². The molecule has 1 aromatic carbocycles. The molecule has 0 radical (unpaired) electrons. The first-order chi connectivity index (χ1) is 19.8. The van der Waals surface area contributed by atoms with Crippen molar-refractivity contribution >= 4 is 11.8 Å². The van der Waals surface area contributed by atoms with Crippen molar-refractivity contribution in [1.82, 2.24) is 20.0 Å². The minimum absolute atomic E-state index is 0.0946. The maximum atomic E-state index is 14.1. The number of aliphatic hydroxyl groups is 4. The predicted molar refractivity (Wildman–Crippen MR) is 140 cm³/mol. The van der Waals surface area contributed by atoms with Crippen molar-refractivity contribution < 1.29 is 47.1 Å². The third-order valence-electron chi connectivity index (χ3n) is 7.85. The van der Waals surface area contributed by atoms with Gasteiger partial charge in [-0.1, -0.05) is 11.3 Å². The van der Waals surface area contributed by atoms with Crippen LogP contribution in [-0.2, 0) is 4.74 Å². The molecule has 4 N–H and O–H groups in total. The van der Waals surface area contributed by atoms with E-state index in [0.29, 0.717) is 23.4 Å². The van der Waals surface area contributed by atoms with Gasteiger partial charge in [0.05, 0.1) is 29.3 Å². The van der Waals surface area contributed by atoms with Crippen LogP contribution in [0.5, 0.6) is 0 Å². The maximum absolute atomic E-state index is 14.1. The Bertz CT molecular complexity index is 1400. The maximum Gasteiger partial charge on any atom is 0.248 e. The Morgan fingerprint density at radius 3 is 2.38 bits per heavy atom. The summed E-state index contributed by atoms with van der Waals surface area (Å²) in [5.41, 5.74) is -2.06. The highest BCUT2D eigenvalue weighted by molar-refractivity contribution is 8.00. The lowest BCUT2D eigenvalue weighted by molar-refractivity contribution is -0.179. The monoisotopic (exact) mass is 616 g/mol. The second-order valence-corrected chi connectivity index (χ2v) is 11.9. The number of nitrogens with zero attached hydrogens (tertiary/aromatic N) is 4. The molecule has 1 saturated carbocycles. The summed E-state index contributed by atoms with van der Waals surface area (Å²) in [6.45, 7) is 1.07. The average Bonchev–Trinajstić information content (AvgIpc) is 3.43. The van der Waals surface area contributed by atoms with Crippen LogP contribution in [0.4, 0.5) is 22.0 Å². The molecule has 0 spiro atoms. The molecular weight excluding hydrogens is 587 g/mol. The van der Waals surface area contributed by atoms with Gasteiger partial charge in [0.25, 0.3) is 0 Å². The molecule has 228 valence electrons. The number of thioether (sulfide) groups is 1. The number of halogens is 5. The summed E-state index contributed by atoms with van der Waals surface area (Å²) in [5.74, 6) is -7.48. The molecular formula is C27H29F5N4O5S. The molecule has 2 fully saturated rings. The van der Waals surface area contributed by atoms with E-state index < -0.39 is 83.5 Å². The topological polar surface area (TPSA) is 134 Å². The number of aromatic nitrogens is 4. The van der Waals surface area contributed by atoms with Crippen molar-refractivity contribution in [2.45, 2.75) is 79.2 Å². The number of rotatable bonds is 7. The third kappa shape index (κ3) is 5.90. The normalized spacial score (nSPS) is 28.0. The number of hydrogen-bond donors (Lipinski definition) is 4. The van der Waals surface area contributed by atoms with Crippen LogP contribution in [0.15, 0.2) is 36.7 Å². The molecule has 0 bridgehead atoms. The second-order valence-electron chi connectivity index (χ2n) is 10.7. The van der Waals surface area contributed by atoms with Gasteiger partial charge in [-0.25, -0.2) is 26.6 Å². The van der Waals surface area contributed by atoms with Gasteiger partial charge in [-0.05, 0) is 43.5 Å². The Morgan fingerprint density at radius 2 is 1.76 bits per heavy atom. The minimum atomic E-state index is -2.93. The predicted octanol–water partition coefficient (Wildman–Crippen LogP) is 3.46. The Balaban J connectivity index is 1.47. The SMILES string of the molecule is Cc1cccnc1[C@H](S[C@@H]1O[C@H](CO)[C@H](O)[C@H](n2cc(-c3cc(F)c(F)c(F)c3)nn2)[C@H]1O)C1(O)CCC(F)(F)CC1. The van der Waals surface area contributed by atoms with E-state index in [1.54, 1.807) is 19.1 Å². The largest absolute Gasteiger partial charge is 0.394 e. The van der Waals surface area contributed by atoms with E-state index in [-0.39, 0.29) is 24.1 Å². The summed E-state index contributed by atoms with van der Waals surface area (Å²) < 4.78 is 76.1. The molecule has 1 aliphatic carbocycles. The van der Waals surface area contributed by atoms with E-state index in [1.807, 2.05) is 0 Å². The summed E-state index contributed by atoms with van der Waals surface area (Å²) in [6, 6.07) is 3.55. The lowest BCUT2D eigenvalue weighted by Gasteiger charge is -2.46. The molecule has 15 heteroatoms. The van der Waals surface area contributed by atoms with Gasteiger partial charge in [-0.2, -0.15) is 0 Å². The van der Waals surface area contributed by atoms with Gasteiger partial charge in [0.15, 0.2) is 17.5 Å². The highest BCUT2D eigenvalue weighted by atomic mass is 32.2. The average molecular weight is 617 g/mol. The van der Waals surface area contributed by atoms with Crippen molar-refractivity contribution in [3.05, 3.63) is 65.4 Å². The Labute approximate surface area is 241 Å². The van der Waals surface area contributed by atoms with Gasteiger partial charge in [-0.15, -0.1) is 16.9 Å². The molecule has 1 aliphatic heterocycles. The Kier molecular flexibility index (Phi) is 8.62. The molecule has 0 amide bonds. The van der Waals surface area contributed by atoms with E-state index in [9.17, 15) is 42.4 Å². The summed E-state index contributed by atoms with van der Waals surface area (Å²) in [6.07, 6.45) is -3.26. The lowest BCUT2D eigenvalue weighted by Crippen LogP contribution is -2.55. The molecule has 1 saturated heterocycles. The van der Waals surface area contributed by atoms with E-state index in [4.69, 9.17) is 4.74 Å². The minimum Gasteiger partial charge on any atom is -0.394 e. The smallest absolute Gasteiger partial charge is 0.248 e. The first kappa shape index (κ1) is 30.8. The fourth-order valence-electron chi connectivity index (χ4n) is 5.41. The molecule has 2 aliphatic rings. The number of pyridine rings is 1. The van der Waals surface area contributed by atoms with Crippen LogP contribution >= 0.6 is 11.8 Å². The number of hydrogen-bond acceptors (Lipinski definition) is 9. The van der Waals surface area contributed by atoms with Crippen molar-refractivity contribution in [3.8, 4) is 11.3 Å². The van der Waals surface area contributed by atoms with Crippen LogP contribution in [0.1, 0.15) is 48.2 Å². The van der Waals surface area contributed by atoms with E-state index in [2.05, 4.69) is 15.3 Å². The molecule has 5 rings (SSSR count). The van der Waals surface area contributed by atoms with Crippen molar-refractivity contribution in [3.63, 3.8) is 0 Å². The second kappa shape index (κ2) is 11.8. The molecule has 6 atom stereocenters. The molecule has 3 heterocycles. The van der Waals surface area contributed by atoms with Gasteiger partial charge in [0, 0.05) is 24.6 Å². The number of alkyl halides is 2. The summed E-state index contributed by atoms with van der Waals surface area (Å²) in [5, 5.41) is 50.8. The number of aliphatic hydroxyl groups excluding tert-OH is 3. The first-order valence-corrected chi connectivity index (χ1v) is 14.1. The summed E-state index contributed by atoms with van der Waals surface area (Å²) >= 11 is 0.921. The zero-order chi connectivity index (χ0) is 30.4. The van der Waals surface area contributed by atoms with Crippen LogP contribution in [0, 0.1) is 24.4 Å². The lowest BCUT2D eigenvalue weighted by atomic mass is 9.79. The van der Waals surface area contributed by atoms with Gasteiger partial charge in [0.1, 0.15) is 35.5 Å². The molecule has 42 heavy (non-hydrogen) atoms. The quantitative estimate of drug-likeness (QED) is 0.233. The zero-order valence-corrected chi connectivity index (χ0v) is 23.1. The van der Waals surface area contributed by atoms with Gasteiger partial charge in [0.2, 0.25) is 5.92 Å². The van der Waals surface area contributed by atoms with E-state index >= 15 is 0 Å². The van der Waals surface area contributed by atoms with Crippen molar-refractivity contribution in [2.75, 3.05) is 6.61 Å². The van der Waals surface area contributed by atoms with Crippen molar-refractivity contribution in [1.29, 1.82) is 0 Å². The van der Waals surface area contributed by atoms with Crippen LogP contribution in [0.2, 0.25) is 0 Å². The standard InChI is InChI=1S/C27H29F5N4O5S/c1-13-3-2-8-33-20(13)24(26(40)4-6-27(31,32)7-5-26)42-25-23(39)21(22(38)18(12-37)41-25)36-11-17(34-35-36)14-9-15(28)19(30)16(29)10-14/h2-3,8-11,18,21-25,37-40H,4-7,12H2,1H3/t18-,21+,22+,23-,24+,25+/m1/s1. The van der Waals surface area contributed by atoms with Crippen LogP contribution < -0.4 is 0 Å². The van der Waals surface area contributed by atoms with Gasteiger partial charge >= 0.3 is 0 Å². The van der Waals surface area contributed by atoms with Gasteiger partial charge < -0.3 is 25.2 Å².